The van der Waals surface area contributed by atoms with Crippen LogP contribution in [-0.4, -0.2) is 59.9 Å². The quantitative estimate of drug-likeness (QED) is 0.830. The lowest BCUT2D eigenvalue weighted by Crippen LogP contribution is -2.39. The van der Waals surface area contributed by atoms with E-state index in [0.29, 0.717) is 5.75 Å². The van der Waals surface area contributed by atoms with E-state index in [0.717, 1.165) is 75.3 Å². The maximum absolute atomic E-state index is 10.1. The molecule has 0 aliphatic carbocycles. The van der Waals surface area contributed by atoms with E-state index >= 15 is 0 Å². The third-order valence-electron chi connectivity index (χ3n) is 5.62. The molecular weight excluding hydrogens is 368 g/mol. The van der Waals surface area contributed by atoms with Gasteiger partial charge in [0.1, 0.15) is 11.6 Å². The normalized spacial score (nSPS) is 17.4. The summed E-state index contributed by atoms with van der Waals surface area (Å²) in [5, 5.41) is 10.1. The summed E-state index contributed by atoms with van der Waals surface area (Å²) < 4.78 is 10.7. The molecule has 156 valence electrons. The van der Waals surface area contributed by atoms with Crippen LogP contribution in [0.1, 0.15) is 42.4 Å². The fourth-order valence-corrected chi connectivity index (χ4v) is 4.01. The molecule has 29 heavy (non-hydrogen) atoms. The molecule has 7 nitrogen and oxygen atoms in total. The summed E-state index contributed by atoms with van der Waals surface area (Å²) in [4.78, 5) is 14.6. The zero-order valence-corrected chi connectivity index (χ0v) is 17.5. The standard InChI is InChI=1S/C22H30N4O3/c1-15(2)21-23-18-14-25(13-16-4-5-20(28-3)19(27)12-16)7-6-17(18)22(24-21)26-8-10-29-11-9-26/h4-5,12,15,27H,6-11,13-14H2,1-3H3. The molecule has 1 aromatic heterocycles. The predicted octanol–water partition coefficient (Wildman–Crippen LogP) is 2.71. The van der Waals surface area contributed by atoms with Gasteiger partial charge >= 0.3 is 0 Å². The van der Waals surface area contributed by atoms with Crippen molar-refractivity contribution in [2.45, 2.75) is 39.3 Å². The summed E-state index contributed by atoms with van der Waals surface area (Å²) in [6, 6.07) is 5.61. The summed E-state index contributed by atoms with van der Waals surface area (Å²) in [5.41, 5.74) is 3.48. The van der Waals surface area contributed by atoms with Crippen LogP contribution in [0.4, 0.5) is 5.82 Å². The molecule has 3 heterocycles. The summed E-state index contributed by atoms with van der Waals surface area (Å²) in [7, 11) is 1.56. The van der Waals surface area contributed by atoms with Gasteiger partial charge in [0, 0.05) is 44.2 Å². The van der Waals surface area contributed by atoms with Crippen LogP contribution in [0.3, 0.4) is 0 Å². The summed E-state index contributed by atoms with van der Waals surface area (Å²) >= 11 is 0. The largest absolute Gasteiger partial charge is 0.504 e. The first kappa shape index (κ1) is 19.9. The minimum atomic E-state index is 0.182. The zero-order chi connectivity index (χ0) is 20.4. The number of methoxy groups -OCH3 is 1. The SMILES string of the molecule is COc1ccc(CN2CCc3c(nc(C(C)C)nc3N3CCOCC3)C2)cc1O. The highest BCUT2D eigenvalue weighted by molar-refractivity contribution is 5.51. The molecule has 0 amide bonds. The maximum atomic E-state index is 10.1. The summed E-state index contributed by atoms with van der Waals surface area (Å²) in [5.74, 6) is 2.98. The van der Waals surface area contributed by atoms with Gasteiger partial charge in [0.15, 0.2) is 11.5 Å². The third kappa shape index (κ3) is 4.31. The van der Waals surface area contributed by atoms with E-state index in [-0.39, 0.29) is 11.7 Å². The van der Waals surface area contributed by atoms with Crippen LogP contribution in [0, 0.1) is 0 Å². The number of morpholine rings is 1. The van der Waals surface area contributed by atoms with Gasteiger partial charge in [-0.15, -0.1) is 0 Å². The smallest absolute Gasteiger partial charge is 0.160 e. The number of nitrogens with zero attached hydrogens (tertiary/aromatic N) is 4. The molecule has 1 saturated heterocycles. The molecule has 2 aliphatic rings. The molecule has 1 fully saturated rings. The van der Waals surface area contributed by atoms with Crippen LogP contribution < -0.4 is 9.64 Å². The van der Waals surface area contributed by atoms with Gasteiger partial charge in [0.05, 0.1) is 26.0 Å². The zero-order valence-electron chi connectivity index (χ0n) is 17.5. The summed E-state index contributed by atoms with van der Waals surface area (Å²) in [6.45, 7) is 10.1. The topological polar surface area (TPSA) is 71.0 Å². The number of ether oxygens (including phenoxy) is 2. The van der Waals surface area contributed by atoms with E-state index in [9.17, 15) is 5.11 Å². The molecule has 0 bridgehead atoms. The van der Waals surface area contributed by atoms with Gasteiger partial charge in [-0.1, -0.05) is 19.9 Å². The Hall–Kier alpha value is -2.38. The number of anilines is 1. The van der Waals surface area contributed by atoms with Crippen molar-refractivity contribution in [3.63, 3.8) is 0 Å². The molecule has 2 aromatic rings. The average Bonchev–Trinajstić information content (AvgIpc) is 2.73. The summed E-state index contributed by atoms with van der Waals surface area (Å²) in [6.07, 6.45) is 0.933. The predicted molar refractivity (Wildman–Crippen MR) is 112 cm³/mol. The number of fused-ring (bicyclic) bond motifs is 1. The number of phenols is 1. The van der Waals surface area contributed by atoms with Crippen molar-refractivity contribution in [3.05, 3.63) is 40.8 Å². The first-order valence-corrected chi connectivity index (χ1v) is 10.4. The number of hydrogen-bond donors (Lipinski definition) is 1. The third-order valence-corrected chi connectivity index (χ3v) is 5.62. The molecule has 0 saturated carbocycles. The number of phenolic OH excluding ortho intramolecular Hbond substituents is 1. The average molecular weight is 399 g/mol. The van der Waals surface area contributed by atoms with Crippen molar-refractivity contribution in [2.24, 2.45) is 0 Å². The van der Waals surface area contributed by atoms with Crippen molar-refractivity contribution in [1.82, 2.24) is 14.9 Å². The molecule has 4 rings (SSSR count). The van der Waals surface area contributed by atoms with Gasteiger partial charge in [-0.2, -0.15) is 0 Å². The molecular formula is C22H30N4O3. The van der Waals surface area contributed by atoms with Crippen molar-refractivity contribution >= 4 is 5.82 Å². The van der Waals surface area contributed by atoms with Crippen LogP contribution >= 0.6 is 0 Å². The molecule has 1 N–H and O–H groups in total. The Kier molecular flexibility index (Phi) is 5.87. The lowest BCUT2D eigenvalue weighted by Gasteiger charge is -2.34. The minimum absolute atomic E-state index is 0.182. The second kappa shape index (κ2) is 8.55. The van der Waals surface area contributed by atoms with Crippen LogP contribution in [0.25, 0.3) is 0 Å². The van der Waals surface area contributed by atoms with Crippen molar-refractivity contribution in [3.8, 4) is 11.5 Å². The Balaban J connectivity index is 1.58. The highest BCUT2D eigenvalue weighted by Gasteiger charge is 2.26. The van der Waals surface area contributed by atoms with E-state index in [1.165, 1.54) is 5.56 Å². The Bertz CT molecular complexity index is 865. The fourth-order valence-electron chi connectivity index (χ4n) is 4.01. The van der Waals surface area contributed by atoms with E-state index in [1.54, 1.807) is 13.2 Å². The molecule has 2 aliphatic heterocycles. The highest BCUT2D eigenvalue weighted by Crippen LogP contribution is 2.31. The molecule has 1 aromatic carbocycles. The first-order valence-electron chi connectivity index (χ1n) is 10.4. The second-order valence-electron chi connectivity index (χ2n) is 8.05. The number of hydrogen-bond acceptors (Lipinski definition) is 7. The van der Waals surface area contributed by atoms with Crippen LogP contribution in [0.5, 0.6) is 11.5 Å². The Morgan fingerprint density at radius 3 is 2.66 bits per heavy atom. The van der Waals surface area contributed by atoms with Crippen LogP contribution in [0.2, 0.25) is 0 Å². The number of benzene rings is 1. The molecule has 0 radical (unpaired) electrons. The van der Waals surface area contributed by atoms with Gasteiger partial charge in [-0.25, -0.2) is 9.97 Å². The van der Waals surface area contributed by atoms with Gasteiger partial charge in [0.25, 0.3) is 0 Å². The van der Waals surface area contributed by atoms with Crippen molar-refractivity contribution < 1.29 is 14.6 Å². The second-order valence-corrected chi connectivity index (χ2v) is 8.05. The van der Waals surface area contributed by atoms with Gasteiger partial charge in [0.2, 0.25) is 0 Å². The van der Waals surface area contributed by atoms with Gasteiger partial charge < -0.3 is 19.5 Å². The molecule has 0 atom stereocenters. The van der Waals surface area contributed by atoms with Crippen molar-refractivity contribution in [2.75, 3.05) is 44.9 Å². The van der Waals surface area contributed by atoms with Gasteiger partial charge in [-0.05, 0) is 24.1 Å². The Labute approximate surface area is 172 Å². The van der Waals surface area contributed by atoms with E-state index in [4.69, 9.17) is 19.4 Å². The monoisotopic (exact) mass is 398 g/mol. The van der Waals surface area contributed by atoms with Gasteiger partial charge in [-0.3, -0.25) is 4.90 Å². The molecule has 0 unspecified atom stereocenters. The highest BCUT2D eigenvalue weighted by atomic mass is 16.5. The van der Waals surface area contributed by atoms with E-state index in [2.05, 4.69) is 23.6 Å². The van der Waals surface area contributed by atoms with Crippen LogP contribution in [0.15, 0.2) is 18.2 Å². The lowest BCUT2D eigenvalue weighted by atomic mass is 10.0. The lowest BCUT2D eigenvalue weighted by molar-refractivity contribution is 0.122. The minimum Gasteiger partial charge on any atom is -0.504 e. The van der Waals surface area contributed by atoms with E-state index in [1.807, 2.05) is 12.1 Å². The fraction of sp³-hybridized carbons (Fsp3) is 0.545. The first-order chi connectivity index (χ1) is 14.0. The Morgan fingerprint density at radius 1 is 1.17 bits per heavy atom. The number of rotatable bonds is 5. The molecule has 7 heteroatoms. The number of aromatic nitrogens is 2. The van der Waals surface area contributed by atoms with Crippen molar-refractivity contribution in [1.29, 1.82) is 0 Å². The van der Waals surface area contributed by atoms with Crippen LogP contribution in [-0.2, 0) is 24.2 Å². The Morgan fingerprint density at radius 2 is 1.97 bits per heavy atom. The number of aromatic hydroxyl groups is 1. The van der Waals surface area contributed by atoms with E-state index < -0.39 is 0 Å². The molecule has 0 spiro atoms. The maximum Gasteiger partial charge on any atom is 0.160 e.